The first-order valence-corrected chi connectivity index (χ1v) is 14.7. The van der Waals surface area contributed by atoms with Crippen molar-refractivity contribution in [3.63, 3.8) is 0 Å². The monoisotopic (exact) mass is 547 g/mol. The normalized spacial score (nSPS) is 13.5. The number of hydrogen-bond donors (Lipinski definition) is 0. The highest BCUT2D eigenvalue weighted by molar-refractivity contribution is 6.14. The summed E-state index contributed by atoms with van der Waals surface area (Å²) in [6.07, 6.45) is 22.0. The summed E-state index contributed by atoms with van der Waals surface area (Å²) in [5.74, 6) is 0.0315. The number of nitrogens with zero attached hydrogens (tertiary/aromatic N) is 1. The number of carbonyl (C=O) groups is 2. The summed E-state index contributed by atoms with van der Waals surface area (Å²) < 4.78 is 11.1. The lowest BCUT2D eigenvalue weighted by Crippen LogP contribution is -2.07. The number of rotatable bonds is 18. The number of ketones is 1. The minimum absolute atomic E-state index is 0.0623. The summed E-state index contributed by atoms with van der Waals surface area (Å²) in [6, 6.07) is 10.6. The molecule has 2 aromatic carbocycles. The van der Waals surface area contributed by atoms with Crippen LogP contribution in [0, 0.1) is 10.1 Å². The molecule has 7 heteroatoms. The molecule has 1 aliphatic heterocycles. The summed E-state index contributed by atoms with van der Waals surface area (Å²) >= 11 is 0. The van der Waals surface area contributed by atoms with E-state index in [1.165, 1.54) is 75.6 Å². The lowest BCUT2D eigenvalue weighted by Gasteiger charge is -2.05. The Bertz CT molecular complexity index is 1200. The Balaban J connectivity index is 1.31. The highest BCUT2D eigenvalue weighted by Crippen LogP contribution is 2.35. The van der Waals surface area contributed by atoms with Crippen molar-refractivity contribution >= 4 is 23.5 Å². The van der Waals surface area contributed by atoms with Crippen LogP contribution >= 0.6 is 0 Å². The van der Waals surface area contributed by atoms with Gasteiger partial charge < -0.3 is 9.47 Å². The maximum absolute atomic E-state index is 12.8. The van der Waals surface area contributed by atoms with Crippen molar-refractivity contribution in [1.82, 2.24) is 0 Å². The van der Waals surface area contributed by atoms with E-state index >= 15 is 0 Å². The van der Waals surface area contributed by atoms with Crippen LogP contribution in [-0.4, -0.2) is 16.7 Å². The van der Waals surface area contributed by atoms with Gasteiger partial charge in [0, 0.05) is 18.6 Å². The topological polar surface area (TPSA) is 95.7 Å². The van der Waals surface area contributed by atoms with E-state index in [-0.39, 0.29) is 23.2 Å². The predicted octanol–water partition coefficient (Wildman–Crippen LogP) is 9.15. The third-order valence-electron chi connectivity index (χ3n) is 6.89. The first-order valence-electron chi connectivity index (χ1n) is 14.7. The fourth-order valence-corrected chi connectivity index (χ4v) is 4.63. The number of fused-ring (bicyclic) bond motifs is 1. The smallest absolute Gasteiger partial charge is 0.311 e. The second-order valence-electron chi connectivity index (χ2n) is 10.3. The number of carbonyl (C=O) groups excluding carboxylic acids is 2. The van der Waals surface area contributed by atoms with Gasteiger partial charge in [-0.05, 0) is 61.9 Å². The fraction of sp³-hybridized carbons (Fsp3) is 0.455. The predicted molar refractivity (Wildman–Crippen MR) is 158 cm³/mol. The molecular formula is C33H41NO6. The van der Waals surface area contributed by atoms with E-state index in [0.29, 0.717) is 29.0 Å². The molecule has 0 radical (unpaired) electrons. The summed E-state index contributed by atoms with van der Waals surface area (Å²) in [7, 11) is 0. The van der Waals surface area contributed by atoms with E-state index < -0.39 is 4.92 Å². The van der Waals surface area contributed by atoms with E-state index in [9.17, 15) is 19.7 Å². The molecule has 0 fully saturated rings. The van der Waals surface area contributed by atoms with Crippen molar-refractivity contribution < 1.29 is 24.0 Å². The van der Waals surface area contributed by atoms with Crippen molar-refractivity contribution in [3.05, 3.63) is 81.6 Å². The number of hydrogen-bond acceptors (Lipinski definition) is 6. The molecule has 40 heavy (non-hydrogen) atoms. The van der Waals surface area contributed by atoms with Crippen LogP contribution in [0.4, 0.5) is 5.69 Å². The Morgan fingerprint density at radius 2 is 1.57 bits per heavy atom. The number of Topliss-reactive ketones (excluding diaryl/α,β-unsaturated/α-hetero) is 1. The zero-order valence-corrected chi connectivity index (χ0v) is 23.6. The Hall–Kier alpha value is -3.74. The van der Waals surface area contributed by atoms with Gasteiger partial charge in [-0.3, -0.25) is 19.7 Å². The molecule has 0 amide bonds. The van der Waals surface area contributed by atoms with Crippen molar-refractivity contribution in [2.24, 2.45) is 0 Å². The number of nitro groups is 1. The molecule has 0 aliphatic carbocycles. The molecule has 1 heterocycles. The van der Waals surface area contributed by atoms with Gasteiger partial charge in [0.05, 0.1) is 10.5 Å². The van der Waals surface area contributed by atoms with Gasteiger partial charge in [-0.2, -0.15) is 0 Å². The summed E-state index contributed by atoms with van der Waals surface area (Å²) in [5.41, 5.74) is 0.706. The van der Waals surface area contributed by atoms with E-state index in [1.807, 2.05) is 0 Å². The third kappa shape index (κ3) is 10.4. The Kier molecular flexibility index (Phi) is 13.1. The van der Waals surface area contributed by atoms with Gasteiger partial charge in [-0.15, -0.1) is 0 Å². The SMILES string of the molecule is CCCCCCCC/C=C\CCCCCCCC(=O)Oc1ccc2c(c1)C(=O)/C(=C/c1cccc([N+](=O)[O-])c1)O2. The Morgan fingerprint density at radius 1 is 0.900 bits per heavy atom. The first kappa shape index (κ1) is 30.8. The molecule has 1 aliphatic rings. The number of non-ortho nitro benzene ring substituents is 1. The lowest BCUT2D eigenvalue weighted by atomic mass is 10.1. The van der Waals surface area contributed by atoms with Gasteiger partial charge in [0.2, 0.25) is 5.78 Å². The zero-order chi connectivity index (χ0) is 28.6. The maximum atomic E-state index is 12.8. The molecule has 0 N–H and O–H groups in total. The number of esters is 1. The van der Waals surface area contributed by atoms with Crippen LogP contribution in [0.5, 0.6) is 11.5 Å². The summed E-state index contributed by atoms with van der Waals surface area (Å²) in [5, 5.41) is 11.0. The van der Waals surface area contributed by atoms with Crippen molar-refractivity contribution in [3.8, 4) is 11.5 Å². The minimum Gasteiger partial charge on any atom is -0.452 e. The molecule has 0 aromatic heterocycles. The molecule has 2 aromatic rings. The van der Waals surface area contributed by atoms with Crippen LogP contribution in [0.25, 0.3) is 6.08 Å². The maximum Gasteiger partial charge on any atom is 0.311 e. The number of benzene rings is 2. The van der Waals surface area contributed by atoms with Crippen molar-refractivity contribution in [1.29, 1.82) is 0 Å². The molecule has 0 saturated carbocycles. The van der Waals surface area contributed by atoms with Crippen LogP contribution in [0.3, 0.4) is 0 Å². The van der Waals surface area contributed by atoms with Gasteiger partial charge in [0.1, 0.15) is 11.5 Å². The Labute approximate surface area is 237 Å². The molecule has 0 bridgehead atoms. The molecule has 7 nitrogen and oxygen atoms in total. The minimum atomic E-state index is -0.494. The highest BCUT2D eigenvalue weighted by Gasteiger charge is 2.28. The molecule has 3 rings (SSSR count). The highest BCUT2D eigenvalue weighted by atomic mass is 16.6. The van der Waals surface area contributed by atoms with Crippen molar-refractivity contribution in [2.45, 2.75) is 96.8 Å². The van der Waals surface area contributed by atoms with Gasteiger partial charge in [0.25, 0.3) is 5.69 Å². The molecular weight excluding hydrogens is 506 g/mol. The zero-order valence-electron chi connectivity index (χ0n) is 23.6. The third-order valence-corrected chi connectivity index (χ3v) is 6.89. The van der Waals surface area contributed by atoms with E-state index in [0.717, 1.165) is 32.1 Å². The number of allylic oxidation sites excluding steroid dienone is 3. The van der Waals surface area contributed by atoms with Crippen LogP contribution in [-0.2, 0) is 4.79 Å². The molecule has 0 saturated heterocycles. The molecule has 0 unspecified atom stereocenters. The van der Waals surface area contributed by atoms with Gasteiger partial charge >= 0.3 is 5.97 Å². The van der Waals surface area contributed by atoms with E-state index in [2.05, 4.69) is 19.1 Å². The number of ether oxygens (including phenoxy) is 2. The largest absolute Gasteiger partial charge is 0.452 e. The van der Waals surface area contributed by atoms with E-state index in [4.69, 9.17) is 9.47 Å². The molecule has 0 spiro atoms. The molecule has 0 atom stereocenters. The lowest BCUT2D eigenvalue weighted by molar-refractivity contribution is -0.384. The van der Waals surface area contributed by atoms with Gasteiger partial charge in [-0.1, -0.05) is 82.6 Å². The average molecular weight is 548 g/mol. The van der Waals surface area contributed by atoms with Crippen LogP contribution < -0.4 is 9.47 Å². The van der Waals surface area contributed by atoms with E-state index in [1.54, 1.807) is 24.3 Å². The second kappa shape index (κ2) is 17.1. The van der Waals surface area contributed by atoms with Crippen molar-refractivity contribution in [2.75, 3.05) is 0 Å². The van der Waals surface area contributed by atoms with Crippen LogP contribution in [0.1, 0.15) is 113 Å². The molecule has 214 valence electrons. The van der Waals surface area contributed by atoms with Crippen LogP contribution in [0.15, 0.2) is 60.4 Å². The average Bonchev–Trinajstić information content (AvgIpc) is 3.25. The second-order valence-corrected chi connectivity index (χ2v) is 10.3. The van der Waals surface area contributed by atoms with Crippen LogP contribution in [0.2, 0.25) is 0 Å². The number of nitro benzene ring substituents is 1. The van der Waals surface area contributed by atoms with Gasteiger partial charge in [0.15, 0.2) is 5.76 Å². The quantitative estimate of drug-likeness (QED) is 0.0351. The fourth-order valence-electron chi connectivity index (χ4n) is 4.63. The number of unbranched alkanes of at least 4 members (excludes halogenated alkanes) is 11. The first-order chi connectivity index (χ1) is 19.5. The summed E-state index contributed by atoms with van der Waals surface area (Å²) in [4.78, 5) is 35.6. The standard InChI is InChI=1S/C33H41NO6/c1-2-3-4-5-6-7-8-9-10-11-12-13-14-15-16-20-32(35)39-28-21-22-30-29(25-28)33(36)31(40-30)24-26-18-17-19-27(23-26)34(37)38/h9-10,17-19,21-25H,2-8,11-16,20H2,1H3/b10-9-,31-24-. The summed E-state index contributed by atoms with van der Waals surface area (Å²) in [6.45, 7) is 2.25. The van der Waals surface area contributed by atoms with Gasteiger partial charge in [-0.25, -0.2) is 0 Å². The Morgan fingerprint density at radius 3 is 2.27 bits per heavy atom.